The average molecular weight is 271 g/mol. The molecule has 1 aliphatic rings. The van der Waals surface area contributed by atoms with E-state index in [1.807, 2.05) is 25.4 Å². The number of hydrogen-bond donors (Lipinski definition) is 0. The Morgan fingerprint density at radius 2 is 2.05 bits per heavy atom. The molecule has 20 heavy (non-hydrogen) atoms. The molecule has 2 aromatic rings. The largest absolute Gasteiger partial charge is 0.356 e. The fourth-order valence-electron chi connectivity index (χ4n) is 2.75. The lowest BCUT2D eigenvalue weighted by atomic mass is 10.00. The summed E-state index contributed by atoms with van der Waals surface area (Å²) in [6.45, 7) is 9.48. The van der Waals surface area contributed by atoms with Gasteiger partial charge in [0, 0.05) is 50.1 Å². The molecule has 5 nitrogen and oxygen atoms in total. The summed E-state index contributed by atoms with van der Waals surface area (Å²) in [5.41, 5.74) is 0. The molecule has 0 radical (unpaired) electrons. The molecule has 0 aromatic carbocycles. The molecule has 0 spiro atoms. The molecule has 0 unspecified atom stereocenters. The first kappa shape index (κ1) is 13.1. The first-order chi connectivity index (χ1) is 9.63. The van der Waals surface area contributed by atoms with Crippen molar-refractivity contribution in [3.05, 3.63) is 36.3 Å². The molecule has 1 fully saturated rings. The number of aromatic nitrogens is 4. The summed E-state index contributed by atoms with van der Waals surface area (Å²) >= 11 is 0. The van der Waals surface area contributed by atoms with Crippen LogP contribution in [0.4, 0.5) is 5.82 Å². The van der Waals surface area contributed by atoms with Crippen LogP contribution in [0.15, 0.2) is 24.7 Å². The number of rotatable bonds is 4. The maximum atomic E-state index is 4.47. The lowest BCUT2D eigenvalue weighted by Crippen LogP contribution is -2.49. The molecule has 0 bridgehead atoms. The van der Waals surface area contributed by atoms with Crippen molar-refractivity contribution in [1.29, 1.82) is 0 Å². The third kappa shape index (κ3) is 2.53. The zero-order valence-corrected chi connectivity index (χ0v) is 12.3. The van der Waals surface area contributed by atoms with Gasteiger partial charge in [-0.25, -0.2) is 15.0 Å². The van der Waals surface area contributed by atoms with Crippen LogP contribution in [0, 0.1) is 12.8 Å². The highest BCUT2D eigenvalue weighted by molar-refractivity contribution is 5.40. The van der Waals surface area contributed by atoms with E-state index in [-0.39, 0.29) is 0 Å². The quantitative estimate of drug-likeness (QED) is 0.855. The predicted octanol–water partition coefficient (Wildman–Crippen LogP) is 2.24. The molecule has 5 heteroatoms. The second kappa shape index (κ2) is 5.23. The summed E-state index contributed by atoms with van der Waals surface area (Å²) in [6, 6.07) is 1.99. The molecule has 106 valence electrons. The van der Waals surface area contributed by atoms with Gasteiger partial charge in [-0.15, -0.1) is 0 Å². The minimum atomic E-state index is 0.477. The van der Waals surface area contributed by atoms with Crippen molar-refractivity contribution in [2.75, 3.05) is 18.0 Å². The van der Waals surface area contributed by atoms with Crippen molar-refractivity contribution in [2.45, 2.75) is 33.2 Å². The number of imidazole rings is 1. The average Bonchev–Trinajstić information content (AvgIpc) is 2.81. The van der Waals surface area contributed by atoms with Gasteiger partial charge in [0.2, 0.25) is 0 Å². The van der Waals surface area contributed by atoms with Crippen LogP contribution in [0.25, 0.3) is 0 Å². The Morgan fingerprint density at radius 1 is 1.25 bits per heavy atom. The molecule has 3 heterocycles. The Kier molecular flexibility index (Phi) is 3.42. The van der Waals surface area contributed by atoms with Crippen molar-refractivity contribution in [3.63, 3.8) is 0 Å². The van der Waals surface area contributed by atoms with Gasteiger partial charge in [-0.1, -0.05) is 13.8 Å². The van der Waals surface area contributed by atoms with Crippen LogP contribution < -0.4 is 4.90 Å². The number of aryl methyl sites for hydroxylation is 1. The Bertz CT molecular complexity index is 583. The second-order valence-electron chi connectivity index (χ2n) is 5.83. The zero-order chi connectivity index (χ0) is 14.1. The molecule has 1 saturated heterocycles. The minimum absolute atomic E-state index is 0.477. The molecule has 0 atom stereocenters. The van der Waals surface area contributed by atoms with Crippen molar-refractivity contribution < 1.29 is 0 Å². The maximum absolute atomic E-state index is 4.47. The van der Waals surface area contributed by atoms with E-state index in [1.165, 1.54) is 5.82 Å². The third-order valence-electron chi connectivity index (χ3n) is 3.76. The van der Waals surface area contributed by atoms with Gasteiger partial charge >= 0.3 is 0 Å². The predicted molar refractivity (Wildman–Crippen MR) is 78.8 cm³/mol. The lowest BCUT2D eigenvalue weighted by molar-refractivity contribution is 0.348. The van der Waals surface area contributed by atoms with Gasteiger partial charge in [0.1, 0.15) is 17.5 Å². The zero-order valence-electron chi connectivity index (χ0n) is 12.3. The molecule has 0 aliphatic carbocycles. The number of hydrogen-bond acceptors (Lipinski definition) is 4. The van der Waals surface area contributed by atoms with E-state index in [2.05, 4.69) is 44.5 Å². The second-order valence-corrected chi connectivity index (χ2v) is 5.83. The topological polar surface area (TPSA) is 46.8 Å². The van der Waals surface area contributed by atoms with Gasteiger partial charge in [0.15, 0.2) is 0 Å². The molecule has 1 aliphatic heterocycles. The first-order valence-corrected chi connectivity index (χ1v) is 7.19. The van der Waals surface area contributed by atoms with E-state index < -0.39 is 0 Å². The minimum Gasteiger partial charge on any atom is -0.356 e. The van der Waals surface area contributed by atoms with E-state index in [4.69, 9.17) is 0 Å². The summed E-state index contributed by atoms with van der Waals surface area (Å²) in [5, 5.41) is 0. The molecule has 0 saturated carbocycles. The smallest absolute Gasteiger partial charge is 0.132 e. The van der Waals surface area contributed by atoms with Gasteiger partial charge in [-0.3, -0.25) is 0 Å². The summed E-state index contributed by atoms with van der Waals surface area (Å²) in [6.07, 6.45) is 5.82. The van der Waals surface area contributed by atoms with Crippen LogP contribution in [0.2, 0.25) is 0 Å². The third-order valence-corrected chi connectivity index (χ3v) is 3.76. The Labute approximate surface area is 119 Å². The van der Waals surface area contributed by atoms with Gasteiger partial charge in [-0.05, 0) is 13.0 Å². The van der Waals surface area contributed by atoms with E-state index >= 15 is 0 Å². The highest BCUT2D eigenvalue weighted by Gasteiger charge is 2.28. The van der Waals surface area contributed by atoms with Crippen molar-refractivity contribution in [1.82, 2.24) is 19.5 Å². The monoisotopic (exact) mass is 271 g/mol. The molecule has 3 rings (SSSR count). The van der Waals surface area contributed by atoms with Crippen molar-refractivity contribution in [2.24, 2.45) is 5.92 Å². The van der Waals surface area contributed by atoms with Crippen LogP contribution in [0.3, 0.4) is 0 Å². The van der Waals surface area contributed by atoms with E-state index in [9.17, 15) is 0 Å². The van der Waals surface area contributed by atoms with Crippen molar-refractivity contribution in [3.8, 4) is 0 Å². The summed E-state index contributed by atoms with van der Waals surface area (Å²) < 4.78 is 2.29. The summed E-state index contributed by atoms with van der Waals surface area (Å²) in [7, 11) is 0. The Hall–Kier alpha value is -1.91. The van der Waals surface area contributed by atoms with Gasteiger partial charge < -0.3 is 9.47 Å². The summed E-state index contributed by atoms with van der Waals surface area (Å²) in [4.78, 5) is 15.4. The number of nitrogens with zero attached hydrogens (tertiary/aromatic N) is 5. The van der Waals surface area contributed by atoms with E-state index in [0.717, 1.165) is 31.3 Å². The normalized spacial score (nSPS) is 15.7. The van der Waals surface area contributed by atoms with Crippen LogP contribution >= 0.6 is 0 Å². The molecule has 0 N–H and O–H groups in total. The number of anilines is 1. The highest BCUT2D eigenvalue weighted by Crippen LogP contribution is 2.24. The van der Waals surface area contributed by atoms with Crippen molar-refractivity contribution >= 4 is 5.82 Å². The van der Waals surface area contributed by atoms with Crippen LogP contribution in [0.1, 0.15) is 31.4 Å². The molecular formula is C15H21N5. The standard InChI is InChI=1S/C15H21N5/c1-11(2)15-17-6-7-19(15)8-13-9-20(10-13)14-4-5-16-12(3)18-14/h4-7,11,13H,8-10H2,1-3H3. The Balaban J connectivity index is 1.60. The van der Waals surface area contributed by atoms with Gasteiger partial charge in [-0.2, -0.15) is 0 Å². The van der Waals surface area contributed by atoms with Crippen LogP contribution in [0.5, 0.6) is 0 Å². The summed E-state index contributed by atoms with van der Waals surface area (Å²) in [5.74, 6) is 4.22. The lowest BCUT2D eigenvalue weighted by Gasteiger charge is -2.40. The van der Waals surface area contributed by atoms with E-state index in [1.54, 1.807) is 0 Å². The van der Waals surface area contributed by atoms with Crippen LogP contribution in [-0.4, -0.2) is 32.6 Å². The van der Waals surface area contributed by atoms with Crippen LogP contribution in [-0.2, 0) is 6.54 Å². The van der Waals surface area contributed by atoms with Gasteiger partial charge in [0.25, 0.3) is 0 Å². The SMILES string of the molecule is Cc1nccc(N2CC(Cn3ccnc3C(C)C)C2)n1. The first-order valence-electron chi connectivity index (χ1n) is 7.19. The Morgan fingerprint density at radius 3 is 2.75 bits per heavy atom. The molecule has 0 amide bonds. The fourth-order valence-corrected chi connectivity index (χ4v) is 2.75. The fraction of sp³-hybridized carbons (Fsp3) is 0.533. The highest BCUT2D eigenvalue weighted by atomic mass is 15.3. The molecular weight excluding hydrogens is 250 g/mol. The maximum Gasteiger partial charge on any atom is 0.132 e. The molecule has 2 aromatic heterocycles. The van der Waals surface area contributed by atoms with E-state index in [0.29, 0.717) is 11.8 Å². The van der Waals surface area contributed by atoms with Gasteiger partial charge in [0.05, 0.1) is 0 Å².